The molecule has 4 heteroatoms. The molecule has 0 fully saturated rings. The molecule has 1 aromatic carbocycles. The maximum Gasteiger partial charge on any atom is 0.223 e. The van der Waals surface area contributed by atoms with E-state index in [4.69, 9.17) is 4.74 Å². The van der Waals surface area contributed by atoms with Crippen LogP contribution in [-0.2, 0) is 4.79 Å². The van der Waals surface area contributed by atoms with E-state index in [0.717, 1.165) is 16.9 Å². The monoisotopic (exact) mass is 326 g/mol. The van der Waals surface area contributed by atoms with Crippen molar-refractivity contribution in [3.8, 4) is 5.75 Å². The molecule has 1 amide bonds. The van der Waals surface area contributed by atoms with E-state index in [1.807, 2.05) is 54.4 Å². The first-order valence-electron chi connectivity index (χ1n) is 8.40. The zero-order chi connectivity index (χ0) is 17.5. The predicted octanol–water partition coefficient (Wildman–Crippen LogP) is 4.19. The van der Waals surface area contributed by atoms with E-state index in [-0.39, 0.29) is 17.9 Å². The lowest BCUT2D eigenvalue weighted by Gasteiger charge is -2.29. The fraction of sp³-hybridized carbons (Fsp3) is 0.400. The molecule has 0 radical (unpaired) electrons. The smallest absolute Gasteiger partial charge is 0.223 e. The fourth-order valence-corrected chi connectivity index (χ4v) is 2.91. The standard InChI is InChI=1S/C20H26N2O2/c1-5-22(16(3)17-8-6-10-19(13-17)24-4)20(23)12-15(2)18-9-7-11-21-14-18/h6-11,13-16H,5,12H2,1-4H3. The third-order valence-electron chi connectivity index (χ3n) is 4.44. The van der Waals surface area contributed by atoms with Crippen LogP contribution in [0.3, 0.4) is 0 Å². The van der Waals surface area contributed by atoms with Crippen molar-refractivity contribution >= 4 is 5.91 Å². The summed E-state index contributed by atoms with van der Waals surface area (Å²) in [5.41, 5.74) is 2.18. The van der Waals surface area contributed by atoms with Gasteiger partial charge in [0.05, 0.1) is 13.2 Å². The minimum absolute atomic E-state index is 0.0127. The maximum atomic E-state index is 12.8. The summed E-state index contributed by atoms with van der Waals surface area (Å²) in [5, 5.41) is 0. The number of carbonyl (C=O) groups is 1. The van der Waals surface area contributed by atoms with Crippen LogP contribution in [0.4, 0.5) is 0 Å². The summed E-state index contributed by atoms with van der Waals surface area (Å²) in [6.07, 6.45) is 4.06. The van der Waals surface area contributed by atoms with Crippen LogP contribution in [0.1, 0.15) is 50.3 Å². The van der Waals surface area contributed by atoms with Crippen LogP contribution >= 0.6 is 0 Å². The number of nitrogens with zero attached hydrogens (tertiary/aromatic N) is 2. The zero-order valence-corrected chi connectivity index (χ0v) is 14.9. The molecular formula is C20H26N2O2. The van der Waals surface area contributed by atoms with Crippen molar-refractivity contribution in [1.82, 2.24) is 9.88 Å². The summed E-state index contributed by atoms with van der Waals surface area (Å²) in [5.74, 6) is 1.12. The van der Waals surface area contributed by atoms with Crippen LogP contribution in [0.15, 0.2) is 48.8 Å². The molecule has 24 heavy (non-hydrogen) atoms. The molecule has 4 nitrogen and oxygen atoms in total. The van der Waals surface area contributed by atoms with E-state index in [2.05, 4.69) is 18.8 Å². The number of carbonyl (C=O) groups excluding carboxylic acids is 1. The maximum absolute atomic E-state index is 12.8. The number of ether oxygens (including phenoxy) is 1. The summed E-state index contributed by atoms with van der Waals surface area (Å²) < 4.78 is 5.29. The van der Waals surface area contributed by atoms with Gasteiger partial charge in [0.1, 0.15) is 5.75 Å². The molecular weight excluding hydrogens is 300 g/mol. The lowest BCUT2D eigenvalue weighted by molar-refractivity contribution is -0.133. The Balaban J connectivity index is 2.10. The molecule has 1 aromatic heterocycles. The Morgan fingerprint density at radius 2 is 1.96 bits per heavy atom. The second-order valence-corrected chi connectivity index (χ2v) is 6.02. The van der Waals surface area contributed by atoms with Gasteiger partial charge in [-0.05, 0) is 49.1 Å². The van der Waals surface area contributed by atoms with E-state index in [1.54, 1.807) is 13.3 Å². The number of amides is 1. The number of benzene rings is 1. The quantitative estimate of drug-likeness (QED) is 0.766. The van der Waals surface area contributed by atoms with Crippen LogP contribution in [0, 0.1) is 0 Å². The molecule has 2 atom stereocenters. The van der Waals surface area contributed by atoms with Gasteiger partial charge >= 0.3 is 0 Å². The lowest BCUT2D eigenvalue weighted by atomic mass is 9.98. The van der Waals surface area contributed by atoms with Gasteiger partial charge in [0.15, 0.2) is 0 Å². The van der Waals surface area contributed by atoms with Gasteiger partial charge in [-0.2, -0.15) is 0 Å². The van der Waals surface area contributed by atoms with E-state index in [0.29, 0.717) is 13.0 Å². The number of hydrogen-bond donors (Lipinski definition) is 0. The van der Waals surface area contributed by atoms with Crippen LogP contribution in [0.5, 0.6) is 5.75 Å². The third kappa shape index (κ3) is 4.34. The van der Waals surface area contributed by atoms with Crippen LogP contribution in [-0.4, -0.2) is 29.4 Å². The van der Waals surface area contributed by atoms with Crippen molar-refractivity contribution in [3.05, 3.63) is 59.9 Å². The summed E-state index contributed by atoms with van der Waals surface area (Å²) >= 11 is 0. The first-order chi connectivity index (χ1) is 11.6. The number of pyridine rings is 1. The van der Waals surface area contributed by atoms with Gasteiger partial charge in [0.25, 0.3) is 0 Å². The van der Waals surface area contributed by atoms with Crippen LogP contribution in [0.2, 0.25) is 0 Å². The van der Waals surface area contributed by atoms with Crippen molar-refractivity contribution < 1.29 is 9.53 Å². The minimum Gasteiger partial charge on any atom is -0.497 e. The Bertz CT molecular complexity index is 658. The Kier molecular flexibility index (Phi) is 6.36. The predicted molar refractivity (Wildman–Crippen MR) is 96.1 cm³/mol. The average Bonchev–Trinajstić information content (AvgIpc) is 2.63. The summed E-state index contributed by atoms with van der Waals surface area (Å²) in [4.78, 5) is 18.9. The van der Waals surface area contributed by atoms with Crippen molar-refractivity contribution in [2.24, 2.45) is 0 Å². The van der Waals surface area contributed by atoms with Gasteiger partial charge in [-0.25, -0.2) is 0 Å². The molecule has 0 aliphatic rings. The SMILES string of the molecule is CCN(C(=O)CC(C)c1cccnc1)C(C)c1cccc(OC)c1. The van der Waals surface area contributed by atoms with Crippen LogP contribution < -0.4 is 4.74 Å². The van der Waals surface area contributed by atoms with Crippen molar-refractivity contribution in [2.75, 3.05) is 13.7 Å². The first kappa shape index (κ1) is 18.0. The largest absolute Gasteiger partial charge is 0.497 e. The number of aromatic nitrogens is 1. The van der Waals surface area contributed by atoms with Gasteiger partial charge < -0.3 is 9.64 Å². The van der Waals surface area contributed by atoms with Gasteiger partial charge in [-0.15, -0.1) is 0 Å². The second-order valence-electron chi connectivity index (χ2n) is 6.02. The summed E-state index contributed by atoms with van der Waals surface area (Å²) in [6, 6.07) is 11.8. The Hall–Kier alpha value is -2.36. The van der Waals surface area contributed by atoms with Gasteiger partial charge in [-0.3, -0.25) is 9.78 Å². The molecule has 0 spiro atoms. The molecule has 2 aromatic rings. The molecule has 0 aliphatic carbocycles. The van der Waals surface area contributed by atoms with E-state index in [1.165, 1.54) is 0 Å². The summed E-state index contributed by atoms with van der Waals surface area (Å²) in [7, 11) is 1.65. The molecule has 0 N–H and O–H groups in total. The molecule has 0 bridgehead atoms. The number of hydrogen-bond acceptors (Lipinski definition) is 3. The highest BCUT2D eigenvalue weighted by atomic mass is 16.5. The molecule has 2 unspecified atom stereocenters. The zero-order valence-electron chi connectivity index (χ0n) is 14.9. The average molecular weight is 326 g/mol. The molecule has 2 rings (SSSR count). The Morgan fingerprint density at radius 1 is 1.21 bits per heavy atom. The van der Waals surface area contributed by atoms with E-state index in [9.17, 15) is 4.79 Å². The first-order valence-corrected chi connectivity index (χ1v) is 8.40. The van der Waals surface area contributed by atoms with Crippen molar-refractivity contribution in [3.63, 3.8) is 0 Å². The normalized spacial score (nSPS) is 13.2. The Labute approximate surface area is 144 Å². The summed E-state index contributed by atoms with van der Waals surface area (Å²) in [6.45, 7) is 6.82. The third-order valence-corrected chi connectivity index (χ3v) is 4.44. The van der Waals surface area contributed by atoms with Gasteiger partial charge in [-0.1, -0.05) is 25.1 Å². The molecule has 128 valence electrons. The van der Waals surface area contributed by atoms with Crippen LogP contribution in [0.25, 0.3) is 0 Å². The second kappa shape index (κ2) is 8.48. The lowest BCUT2D eigenvalue weighted by Crippen LogP contribution is -2.34. The molecule has 0 saturated carbocycles. The highest BCUT2D eigenvalue weighted by Gasteiger charge is 2.22. The fourth-order valence-electron chi connectivity index (χ4n) is 2.91. The van der Waals surface area contributed by atoms with E-state index < -0.39 is 0 Å². The van der Waals surface area contributed by atoms with Crippen molar-refractivity contribution in [1.29, 1.82) is 0 Å². The highest BCUT2D eigenvalue weighted by Crippen LogP contribution is 2.26. The molecule has 1 heterocycles. The van der Waals surface area contributed by atoms with Crippen molar-refractivity contribution in [2.45, 2.75) is 39.2 Å². The molecule has 0 aliphatic heterocycles. The number of methoxy groups -OCH3 is 1. The topological polar surface area (TPSA) is 42.4 Å². The Morgan fingerprint density at radius 3 is 2.58 bits per heavy atom. The molecule has 0 saturated heterocycles. The van der Waals surface area contributed by atoms with Gasteiger partial charge in [0, 0.05) is 25.4 Å². The number of rotatable bonds is 7. The minimum atomic E-state index is 0.0127. The highest BCUT2D eigenvalue weighted by molar-refractivity contribution is 5.77. The van der Waals surface area contributed by atoms with E-state index >= 15 is 0 Å². The van der Waals surface area contributed by atoms with Gasteiger partial charge in [0.2, 0.25) is 5.91 Å².